The van der Waals surface area contributed by atoms with Gasteiger partial charge >= 0.3 is 0 Å². The van der Waals surface area contributed by atoms with Crippen molar-refractivity contribution in [3.8, 4) is 0 Å². The molecular weight excluding hydrogens is 441 g/mol. The predicted octanol–water partition coefficient (Wildman–Crippen LogP) is 2.59. The number of aliphatic imine (C=N–C) groups is 1. The number of fused-ring (bicyclic) bond motifs is 1. The summed E-state index contributed by atoms with van der Waals surface area (Å²) in [6, 6.07) is 10.6. The van der Waals surface area contributed by atoms with Gasteiger partial charge in [0.25, 0.3) is 0 Å². The standard InChI is InChI=1S/C19H29N5O.HI/c1-15(2)18(25)21-11-12-23-19(20-3)22-10-6-13-24-14-9-16-7-4-5-8-17(16)24;/h4-5,7-9,14-15H,6,10-13H2,1-3H3,(H,21,25)(H2,20,22,23);1H. The molecule has 1 aromatic heterocycles. The van der Waals surface area contributed by atoms with Crippen LogP contribution >= 0.6 is 24.0 Å². The lowest BCUT2D eigenvalue weighted by Crippen LogP contribution is -2.42. The Kier molecular flexibility index (Phi) is 10.1. The molecule has 26 heavy (non-hydrogen) atoms. The number of guanidine groups is 1. The number of aryl methyl sites for hydroxylation is 1. The quantitative estimate of drug-likeness (QED) is 0.240. The zero-order valence-electron chi connectivity index (χ0n) is 15.8. The van der Waals surface area contributed by atoms with E-state index in [0.29, 0.717) is 13.1 Å². The summed E-state index contributed by atoms with van der Waals surface area (Å²) in [5.41, 5.74) is 1.27. The molecule has 2 rings (SSSR count). The largest absolute Gasteiger partial charge is 0.356 e. The van der Waals surface area contributed by atoms with Crippen molar-refractivity contribution in [1.82, 2.24) is 20.5 Å². The van der Waals surface area contributed by atoms with E-state index < -0.39 is 0 Å². The van der Waals surface area contributed by atoms with Crippen LogP contribution in [-0.4, -0.2) is 43.1 Å². The van der Waals surface area contributed by atoms with Crippen LogP contribution < -0.4 is 16.0 Å². The topological polar surface area (TPSA) is 70.5 Å². The molecule has 0 fully saturated rings. The maximum absolute atomic E-state index is 11.5. The van der Waals surface area contributed by atoms with Gasteiger partial charge in [-0.25, -0.2) is 0 Å². The maximum Gasteiger partial charge on any atom is 0.222 e. The van der Waals surface area contributed by atoms with Crippen LogP contribution in [0.5, 0.6) is 0 Å². The molecule has 0 spiro atoms. The van der Waals surface area contributed by atoms with E-state index in [1.165, 1.54) is 10.9 Å². The molecule has 3 N–H and O–H groups in total. The summed E-state index contributed by atoms with van der Waals surface area (Å²) in [7, 11) is 1.75. The molecule has 2 aromatic rings. The number of hydrogen-bond donors (Lipinski definition) is 3. The van der Waals surface area contributed by atoms with E-state index in [4.69, 9.17) is 0 Å². The highest BCUT2D eigenvalue weighted by molar-refractivity contribution is 14.0. The first-order chi connectivity index (χ1) is 12.1. The van der Waals surface area contributed by atoms with Crippen LogP contribution in [0.4, 0.5) is 0 Å². The van der Waals surface area contributed by atoms with Gasteiger partial charge < -0.3 is 20.5 Å². The summed E-state index contributed by atoms with van der Waals surface area (Å²) in [5.74, 6) is 0.849. The van der Waals surface area contributed by atoms with E-state index in [-0.39, 0.29) is 35.8 Å². The molecule has 0 aliphatic heterocycles. The third-order valence-electron chi connectivity index (χ3n) is 4.01. The van der Waals surface area contributed by atoms with Crippen LogP contribution in [0.15, 0.2) is 41.5 Å². The Morgan fingerprint density at radius 2 is 1.77 bits per heavy atom. The van der Waals surface area contributed by atoms with E-state index in [1.807, 2.05) is 13.8 Å². The minimum atomic E-state index is 0. The van der Waals surface area contributed by atoms with E-state index >= 15 is 0 Å². The summed E-state index contributed by atoms with van der Waals surface area (Å²) in [6.45, 7) is 6.81. The highest BCUT2D eigenvalue weighted by Crippen LogP contribution is 2.15. The van der Waals surface area contributed by atoms with Crippen molar-refractivity contribution in [1.29, 1.82) is 0 Å². The van der Waals surface area contributed by atoms with Gasteiger partial charge in [0.05, 0.1) is 0 Å². The van der Waals surface area contributed by atoms with Gasteiger partial charge in [0, 0.05) is 50.9 Å². The Balaban J connectivity index is 0.00000338. The van der Waals surface area contributed by atoms with Crippen molar-refractivity contribution in [3.63, 3.8) is 0 Å². The number of rotatable bonds is 8. The molecule has 0 bridgehead atoms. The van der Waals surface area contributed by atoms with Crippen molar-refractivity contribution in [2.75, 3.05) is 26.7 Å². The van der Waals surface area contributed by atoms with Crippen LogP contribution in [0.25, 0.3) is 10.9 Å². The lowest BCUT2D eigenvalue weighted by atomic mass is 10.2. The molecule has 0 unspecified atom stereocenters. The average Bonchev–Trinajstić information content (AvgIpc) is 3.03. The first-order valence-corrected chi connectivity index (χ1v) is 8.88. The number of amides is 1. The minimum Gasteiger partial charge on any atom is -0.356 e. The molecule has 1 heterocycles. The van der Waals surface area contributed by atoms with Crippen molar-refractivity contribution < 1.29 is 4.79 Å². The van der Waals surface area contributed by atoms with Gasteiger partial charge in [-0.2, -0.15) is 0 Å². The first kappa shape index (κ1) is 22.3. The van der Waals surface area contributed by atoms with E-state index in [2.05, 4.69) is 62.0 Å². The minimum absolute atomic E-state index is 0. The highest BCUT2D eigenvalue weighted by Gasteiger charge is 2.05. The molecule has 0 atom stereocenters. The molecule has 0 saturated carbocycles. The third kappa shape index (κ3) is 6.86. The fraction of sp³-hybridized carbons (Fsp3) is 0.474. The molecular formula is C19H30IN5O. The van der Waals surface area contributed by atoms with Gasteiger partial charge in [-0.1, -0.05) is 32.0 Å². The Bertz CT molecular complexity index is 711. The summed E-state index contributed by atoms with van der Waals surface area (Å²) in [6.07, 6.45) is 3.14. The Hall–Kier alpha value is -1.77. The Morgan fingerprint density at radius 3 is 2.50 bits per heavy atom. The summed E-state index contributed by atoms with van der Waals surface area (Å²) < 4.78 is 2.27. The number of nitrogens with one attached hydrogen (secondary N) is 3. The molecule has 7 heteroatoms. The molecule has 1 amide bonds. The van der Waals surface area contributed by atoms with Crippen molar-refractivity contribution in [2.45, 2.75) is 26.8 Å². The number of nitrogens with zero attached hydrogens (tertiary/aromatic N) is 2. The molecule has 6 nitrogen and oxygen atoms in total. The van der Waals surface area contributed by atoms with Gasteiger partial charge in [-0.3, -0.25) is 9.79 Å². The monoisotopic (exact) mass is 471 g/mol. The summed E-state index contributed by atoms with van der Waals surface area (Å²) in [5, 5.41) is 10.7. The second-order valence-corrected chi connectivity index (χ2v) is 6.29. The summed E-state index contributed by atoms with van der Waals surface area (Å²) in [4.78, 5) is 15.7. The molecule has 0 radical (unpaired) electrons. The zero-order valence-corrected chi connectivity index (χ0v) is 18.1. The predicted molar refractivity (Wildman–Crippen MR) is 119 cm³/mol. The van der Waals surface area contributed by atoms with E-state index in [9.17, 15) is 4.79 Å². The number of benzene rings is 1. The zero-order chi connectivity index (χ0) is 18.1. The molecule has 0 aliphatic rings. The Morgan fingerprint density at radius 1 is 1.08 bits per heavy atom. The van der Waals surface area contributed by atoms with Gasteiger partial charge in [0.15, 0.2) is 5.96 Å². The van der Waals surface area contributed by atoms with Crippen LogP contribution in [0.3, 0.4) is 0 Å². The molecule has 0 aliphatic carbocycles. The SMILES string of the molecule is CN=C(NCCCn1ccc2ccccc21)NCCNC(=O)C(C)C.I. The number of halogens is 1. The van der Waals surface area contributed by atoms with Crippen molar-refractivity contribution in [2.24, 2.45) is 10.9 Å². The number of aromatic nitrogens is 1. The maximum atomic E-state index is 11.5. The smallest absolute Gasteiger partial charge is 0.222 e. The molecule has 0 saturated heterocycles. The second kappa shape index (κ2) is 11.8. The highest BCUT2D eigenvalue weighted by atomic mass is 127. The Labute approximate surface area is 172 Å². The van der Waals surface area contributed by atoms with E-state index in [1.54, 1.807) is 7.05 Å². The molecule has 1 aromatic carbocycles. The van der Waals surface area contributed by atoms with Crippen molar-refractivity contribution >= 4 is 46.7 Å². The average molecular weight is 471 g/mol. The first-order valence-electron chi connectivity index (χ1n) is 8.88. The number of carbonyl (C=O) groups is 1. The van der Waals surface area contributed by atoms with Gasteiger partial charge in [0.2, 0.25) is 5.91 Å². The summed E-state index contributed by atoms with van der Waals surface area (Å²) >= 11 is 0. The third-order valence-corrected chi connectivity index (χ3v) is 4.01. The fourth-order valence-electron chi connectivity index (χ4n) is 2.58. The van der Waals surface area contributed by atoms with Crippen LogP contribution in [0, 0.1) is 5.92 Å². The van der Waals surface area contributed by atoms with Crippen LogP contribution in [0.1, 0.15) is 20.3 Å². The normalized spacial score (nSPS) is 11.3. The van der Waals surface area contributed by atoms with E-state index in [0.717, 1.165) is 25.5 Å². The van der Waals surface area contributed by atoms with Crippen molar-refractivity contribution in [3.05, 3.63) is 36.5 Å². The van der Waals surface area contributed by atoms with Gasteiger partial charge in [-0.05, 0) is 23.9 Å². The number of hydrogen-bond acceptors (Lipinski definition) is 2. The van der Waals surface area contributed by atoms with Gasteiger partial charge in [-0.15, -0.1) is 24.0 Å². The number of carbonyl (C=O) groups excluding carboxylic acids is 1. The lowest BCUT2D eigenvalue weighted by Gasteiger charge is -2.13. The van der Waals surface area contributed by atoms with Crippen LogP contribution in [0.2, 0.25) is 0 Å². The molecule has 144 valence electrons. The second-order valence-electron chi connectivity index (χ2n) is 6.29. The fourth-order valence-corrected chi connectivity index (χ4v) is 2.58. The number of para-hydroxylation sites is 1. The van der Waals surface area contributed by atoms with Gasteiger partial charge in [0.1, 0.15) is 0 Å². The lowest BCUT2D eigenvalue weighted by molar-refractivity contribution is -0.123. The van der Waals surface area contributed by atoms with Crippen LogP contribution in [-0.2, 0) is 11.3 Å².